The number of rotatable bonds is 8. The zero-order valence-electron chi connectivity index (χ0n) is 13.8. The summed E-state index contributed by atoms with van der Waals surface area (Å²) in [7, 11) is 0. The van der Waals surface area contributed by atoms with Gasteiger partial charge >= 0.3 is 5.97 Å². The van der Waals surface area contributed by atoms with Crippen LogP contribution in [0.5, 0.6) is 5.75 Å². The molecule has 2 N–H and O–H groups in total. The second-order valence-corrected chi connectivity index (χ2v) is 5.77. The molecule has 0 fully saturated rings. The van der Waals surface area contributed by atoms with Crippen LogP contribution < -0.4 is 10.1 Å². The number of carboxylic acids is 1. The van der Waals surface area contributed by atoms with Gasteiger partial charge in [-0.1, -0.05) is 24.6 Å². The van der Waals surface area contributed by atoms with Crippen LogP contribution in [0.1, 0.15) is 38.2 Å². The van der Waals surface area contributed by atoms with E-state index in [9.17, 15) is 9.59 Å². The van der Waals surface area contributed by atoms with Crippen LogP contribution in [-0.4, -0.2) is 29.6 Å². The summed E-state index contributed by atoms with van der Waals surface area (Å²) in [6, 6.07) is 7.79. The number of para-hydroxylation sites is 1. The van der Waals surface area contributed by atoms with E-state index in [-0.39, 0.29) is 18.4 Å². The summed E-state index contributed by atoms with van der Waals surface area (Å²) in [5.41, 5.74) is 1.96. The van der Waals surface area contributed by atoms with E-state index in [1.54, 1.807) is 6.08 Å². The molecular formula is C19H23NO4. The third kappa shape index (κ3) is 5.57. The van der Waals surface area contributed by atoms with E-state index >= 15 is 0 Å². The minimum Gasteiger partial charge on any atom is -0.485 e. The summed E-state index contributed by atoms with van der Waals surface area (Å²) < 4.78 is 5.82. The van der Waals surface area contributed by atoms with Crippen LogP contribution in [0.15, 0.2) is 42.0 Å². The number of carbonyl (C=O) groups is 2. The van der Waals surface area contributed by atoms with Gasteiger partial charge in [-0.2, -0.15) is 0 Å². The molecular weight excluding hydrogens is 306 g/mol. The van der Waals surface area contributed by atoms with Gasteiger partial charge in [0.25, 0.3) is 0 Å². The number of aliphatic carboxylic acids is 1. The fourth-order valence-corrected chi connectivity index (χ4v) is 2.47. The molecule has 1 amide bonds. The number of carboxylic acid groups (broad SMARTS) is 1. The van der Waals surface area contributed by atoms with Crippen molar-refractivity contribution >= 4 is 18.0 Å². The molecule has 128 valence electrons. The number of ether oxygens (including phenoxy) is 1. The second-order valence-electron chi connectivity index (χ2n) is 5.77. The number of unbranched alkanes of at least 4 members (excludes halogenated alkanes) is 2. The predicted octanol–water partition coefficient (Wildman–Crippen LogP) is 3.17. The van der Waals surface area contributed by atoms with Gasteiger partial charge in [0.1, 0.15) is 11.9 Å². The highest BCUT2D eigenvalue weighted by Gasteiger charge is 2.16. The molecule has 1 aromatic rings. The molecule has 0 saturated carbocycles. The Kier molecular flexibility index (Phi) is 6.61. The second kappa shape index (κ2) is 8.91. The smallest absolute Gasteiger partial charge is 0.303 e. The highest BCUT2D eigenvalue weighted by atomic mass is 16.5. The molecule has 1 aliphatic rings. The molecule has 1 heterocycles. The largest absolute Gasteiger partial charge is 0.485 e. The lowest BCUT2D eigenvalue weighted by Crippen LogP contribution is -2.23. The van der Waals surface area contributed by atoms with Crippen molar-refractivity contribution in [3.63, 3.8) is 0 Å². The van der Waals surface area contributed by atoms with E-state index in [2.05, 4.69) is 5.32 Å². The molecule has 5 heteroatoms. The number of hydrogen-bond acceptors (Lipinski definition) is 3. The predicted molar refractivity (Wildman–Crippen MR) is 92.8 cm³/mol. The van der Waals surface area contributed by atoms with Gasteiger partial charge in [-0.15, -0.1) is 0 Å². The molecule has 1 unspecified atom stereocenters. The van der Waals surface area contributed by atoms with E-state index < -0.39 is 5.97 Å². The Balaban J connectivity index is 1.77. The topological polar surface area (TPSA) is 75.6 Å². The van der Waals surface area contributed by atoms with E-state index in [0.29, 0.717) is 13.0 Å². The molecule has 0 radical (unpaired) electrons. The lowest BCUT2D eigenvalue weighted by Gasteiger charge is -2.22. The third-order valence-electron chi connectivity index (χ3n) is 3.81. The van der Waals surface area contributed by atoms with Gasteiger partial charge in [0, 0.05) is 24.6 Å². The maximum Gasteiger partial charge on any atom is 0.303 e. The molecule has 0 aliphatic carbocycles. The molecule has 1 aromatic carbocycles. The van der Waals surface area contributed by atoms with Gasteiger partial charge in [0.15, 0.2) is 0 Å². The Labute approximate surface area is 142 Å². The van der Waals surface area contributed by atoms with Crippen LogP contribution in [0.3, 0.4) is 0 Å². The fraction of sp³-hybridized carbons (Fsp3) is 0.368. The Morgan fingerprint density at radius 3 is 2.83 bits per heavy atom. The van der Waals surface area contributed by atoms with Crippen LogP contribution >= 0.6 is 0 Å². The van der Waals surface area contributed by atoms with Crippen molar-refractivity contribution < 1.29 is 19.4 Å². The maximum absolute atomic E-state index is 11.8. The van der Waals surface area contributed by atoms with Gasteiger partial charge in [-0.3, -0.25) is 9.59 Å². The third-order valence-corrected chi connectivity index (χ3v) is 3.81. The number of amides is 1. The molecule has 1 atom stereocenters. The lowest BCUT2D eigenvalue weighted by atomic mass is 10.0. The quantitative estimate of drug-likeness (QED) is 0.567. The average Bonchev–Trinajstić information content (AvgIpc) is 2.55. The van der Waals surface area contributed by atoms with Crippen molar-refractivity contribution in [2.24, 2.45) is 0 Å². The molecule has 0 spiro atoms. The summed E-state index contributed by atoms with van der Waals surface area (Å²) in [6.07, 6.45) is 7.62. The van der Waals surface area contributed by atoms with Crippen LogP contribution in [0, 0.1) is 0 Å². The molecule has 24 heavy (non-hydrogen) atoms. The first-order valence-electron chi connectivity index (χ1n) is 8.21. The SMILES string of the molecule is CC1Oc2ccccc2C=C1/C=C/C(=O)NCCCCCC(=O)O. The molecule has 0 saturated heterocycles. The van der Waals surface area contributed by atoms with E-state index in [1.807, 2.05) is 37.3 Å². The molecule has 0 bridgehead atoms. The first-order chi connectivity index (χ1) is 11.6. The summed E-state index contributed by atoms with van der Waals surface area (Å²) in [5, 5.41) is 11.3. The molecule has 0 aromatic heterocycles. The van der Waals surface area contributed by atoms with Crippen molar-refractivity contribution in [2.45, 2.75) is 38.7 Å². The minimum absolute atomic E-state index is 0.0973. The van der Waals surface area contributed by atoms with Gasteiger partial charge in [0.05, 0.1) is 0 Å². The zero-order chi connectivity index (χ0) is 17.4. The maximum atomic E-state index is 11.8. The highest BCUT2D eigenvalue weighted by Crippen LogP contribution is 2.29. The van der Waals surface area contributed by atoms with Crippen LogP contribution in [0.2, 0.25) is 0 Å². The van der Waals surface area contributed by atoms with Gasteiger partial charge < -0.3 is 15.2 Å². The summed E-state index contributed by atoms with van der Waals surface area (Å²) in [6.45, 7) is 2.50. The van der Waals surface area contributed by atoms with Crippen LogP contribution in [-0.2, 0) is 9.59 Å². The Bertz CT molecular complexity index is 649. The Morgan fingerprint density at radius 1 is 1.25 bits per heavy atom. The zero-order valence-corrected chi connectivity index (χ0v) is 13.8. The first-order valence-corrected chi connectivity index (χ1v) is 8.21. The van der Waals surface area contributed by atoms with Gasteiger partial charge in [-0.05, 0) is 43.6 Å². The minimum atomic E-state index is -0.777. The normalized spacial score (nSPS) is 16.2. The Hall–Kier alpha value is -2.56. The molecule has 1 aliphatic heterocycles. The lowest BCUT2D eigenvalue weighted by molar-refractivity contribution is -0.137. The molecule has 5 nitrogen and oxygen atoms in total. The monoisotopic (exact) mass is 329 g/mol. The summed E-state index contributed by atoms with van der Waals surface area (Å²) in [4.78, 5) is 22.2. The number of nitrogens with one attached hydrogen (secondary N) is 1. The van der Waals surface area contributed by atoms with Gasteiger partial charge in [-0.25, -0.2) is 0 Å². The summed E-state index contributed by atoms with van der Waals surface area (Å²) in [5.74, 6) is -0.0752. The summed E-state index contributed by atoms with van der Waals surface area (Å²) >= 11 is 0. The molecule has 2 rings (SSSR count). The number of fused-ring (bicyclic) bond motifs is 1. The van der Waals surface area contributed by atoms with E-state index in [4.69, 9.17) is 9.84 Å². The van der Waals surface area contributed by atoms with Crippen LogP contribution in [0.4, 0.5) is 0 Å². The van der Waals surface area contributed by atoms with Crippen molar-refractivity contribution in [3.05, 3.63) is 47.6 Å². The Morgan fingerprint density at radius 2 is 2.04 bits per heavy atom. The highest BCUT2D eigenvalue weighted by molar-refractivity contribution is 5.88. The van der Waals surface area contributed by atoms with Crippen molar-refractivity contribution in [3.8, 4) is 5.75 Å². The van der Waals surface area contributed by atoms with Gasteiger partial charge in [0.2, 0.25) is 5.91 Å². The number of carbonyl (C=O) groups excluding carboxylic acids is 1. The first kappa shape index (κ1) is 17.8. The van der Waals surface area contributed by atoms with Crippen LogP contribution in [0.25, 0.3) is 6.08 Å². The van der Waals surface area contributed by atoms with E-state index in [0.717, 1.165) is 29.7 Å². The average molecular weight is 329 g/mol. The van der Waals surface area contributed by atoms with Crippen molar-refractivity contribution in [1.82, 2.24) is 5.32 Å². The standard InChI is InChI=1S/C19H23NO4/c1-14-15(13-16-7-4-5-8-17(16)24-14)10-11-18(21)20-12-6-2-3-9-19(22)23/h4-5,7-8,10-11,13-14H,2-3,6,9,12H2,1H3,(H,20,21)(H,22,23)/b11-10+. The fourth-order valence-electron chi connectivity index (χ4n) is 2.47. The van der Waals surface area contributed by atoms with E-state index in [1.165, 1.54) is 6.08 Å². The van der Waals surface area contributed by atoms with Crippen molar-refractivity contribution in [1.29, 1.82) is 0 Å². The van der Waals surface area contributed by atoms with Crippen molar-refractivity contribution in [2.75, 3.05) is 6.54 Å². The number of hydrogen-bond donors (Lipinski definition) is 2. The number of benzene rings is 1.